The van der Waals surface area contributed by atoms with Gasteiger partial charge in [-0.3, -0.25) is 4.79 Å². The second-order valence-electron chi connectivity index (χ2n) is 3.35. The molecule has 0 spiro atoms. The van der Waals surface area contributed by atoms with Crippen LogP contribution in [0, 0.1) is 0 Å². The molecular weight excluding hydrogens is 230 g/mol. The van der Waals surface area contributed by atoms with E-state index in [9.17, 15) is 9.90 Å². The van der Waals surface area contributed by atoms with Gasteiger partial charge in [0.1, 0.15) is 5.88 Å². The summed E-state index contributed by atoms with van der Waals surface area (Å²) in [5.74, 6) is 0.189. The van der Waals surface area contributed by atoms with Crippen molar-refractivity contribution < 1.29 is 14.6 Å². The number of methoxy groups -OCH3 is 1. The van der Waals surface area contributed by atoms with Crippen molar-refractivity contribution in [2.45, 2.75) is 6.54 Å². The fourth-order valence-electron chi connectivity index (χ4n) is 1.31. The van der Waals surface area contributed by atoms with Crippen molar-refractivity contribution in [3.63, 3.8) is 0 Å². The number of amides is 1. The van der Waals surface area contributed by atoms with Crippen LogP contribution in [-0.4, -0.2) is 36.0 Å². The number of halogens is 1. The molecule has 1 aromatic rings. The number of alkyl halides is 1. The molecule has 0 unspecified atom stereocenters. The number of phenols is 1. The van der Waals surface area contributed by atoms with Gasteiger partial charge >= 0.3 is 0 Å². The number of phenolic OH excluding ortho intramolecular Hbond substituents is 1. The van der Waals surface area contributed by atoms with Gasteiger partial charge in [-0.15, -0.1) is 11.6 Å². The van der Waals surface area contributed by atoms with E-state index in [4.69, 9.17) is 16.3 Å². The zero-order valence-electron chi connectivity index (χ0n) is 9.24. The van der Waals surface area contributed by atoms with Crippen LogP contribution < -0.4 is 4.74 Å². The molecule has 5 heteroatoms. The van der Waals surface area contributed by atoms with Crippen molar-refractivity contribution in [1.82, 2.24) is 4.90 Å². The molecule has 0 aliphatic heterocycles. The van der Waals surface area contributed by atoms with Gasteiger partial charge in [0, 0.05) is 19.2 Å². The van der Waals surface area contributed by atoms with Gasteiger partial charge in [-0.2, -0.15) is 0 Å². The average molecular weight is 244 g/mol. The minimum absolute atomic E-state index is 0.0548. The zero-order chi connectivity index (χ0) is 12.1. The molecule has 0 fully saturated rings. The Labute approximate surface area is 99.4 Å². The molecule has 0 aliphatic rings. The first-order valence-corrected chi connectivity index (χ1v) is 5.28. The molecule has 1 rings (SSSR count). The molecule has 0 heterocycles. The number of rotatable bonds is 4. The number of ether oxygens (including phenoxy) is 1. The monoisotopic (exact) mass is 243 g/mol. The number of carbonyl (C=O) groups is 1. The molecule has 88 valence electrons. The van der Waals surface area contributed by atoms with Crippen LogP contribution in [0.5, 0.6) is 11.5 Å². The van der Waals surface area contributed by atoms with Crippen molar-refractivity contribution in [3.05, 3.63) is 23.8 Å². The Bertz CT molecular complexity index is 381. The second kappa shape index (κ2) is 5.61. The van der Waals surface area contributed by atoms with Crippen molar-refractivity contribution in [1.29, 1.82) is 0 Å². The van der Waals surface area contributed by atoms with Crippen LogP contribution >= 0.6 is 11.6 Å². The van der Waals surface area contributed by atoms with Gasteiger partial charge in [-0.1, -0.05) is 12.1 Å². The van der Waals surface area contributed by atoms with E-state index in [0.717, 1.165) is 0 Å². The number of hydrogen-bond donors (Lipinski definition) is 1. The lowest BCUT2D eigenvalue weighted by Crippen LogP contribution is -2.27. The van der Waals surface area contributed by atoms with Crippen LogP contribution in [0.4, 0.5) is 0 Å². The van der Waals surface area contributed by atoms with Crippen molar-refractivity contribution >= 4 is 17.5 Å². The SMILES string of the molecule is COc1cccc(CN(C)C(=O)CCl)c1O. The van der Waals surface area contributed by atoms with E-state index in [1.807, 2.05) is 0 Å². The number of hydrogen-bond acceptors (Lipinski definition) is 3. The Kier molecular flexibility index (Phi) is 4.43. The zero-order valence-corrected chi connectivity index (χ0v) is 9.99. The standard InChI is InChI=1S/C11H14ClNO3/c1-13(10(14)6-12)7-8-4-3-5-9(16-2)11(8)15/h3-5,15H,6-7H2,1-2H3. The quantitative estimate of drug-likeness (QED) is 0.818. The molecule has 1 N–H and O–H groups in total. The summed E-state index contributed by atoms with van der Waals surface area (Å²) in [4.78, 5) is 12.7. The number of para-hydroxylation sites is 1. The highest BCUT2D eigenvalue weighted by Gasteiger charge is 2.12. The smallest absolute Gasteiger partial charge is 0.237 e. The predicted octanol–water partition coefficient (Wildman–Crippen LogP) is 1.60. The average Bonchev–Trinajstić information content (AvgIpc) is 2.30. The molecule has 1 amide bonds. The third-order valence-corrected chi connectivity index (χ3v) is 2.48. The number of benzene rings is 1. The van der Waals surface area contributed by atoms with Gasteiger partial charge in [0.2, 0.25) is 5.91 Å². The number of aromatic hydroxyl groups is 1. The van der Waals surface area contributed by atoms with Crippen molar-refractivity contribution in [2.75, 3.05) is 20.0 Å². The number of nitrogens with zero attached hydrogens (tertiary/aromatic N) is 1. The summed E-state index contributed by atoms with van der Waals surface area (Å²) >= 11 is 5.43. The van der Waals surface area contributed by atoms with Gasteiger partial charge < -0.3 is 14.7 Å². The van der Waals surface area contributed by atoms with Crippen LogP contribution in [0.15, 0.2) is 18.2 Å². The second-order valence-corrected chi connectivity index (χ2v) is 3.62. The van der Waals surface area contributed by atoms with Gasteiger partial charge in [0.05, 0.1) is 7.11 Å². The van der Waals surface area contributed by atoms with Gasteiger partial charge in [0.25, 0.3) is 0 Å². The molecule has 16 heavy (non-hydrogen) atoms. The van der Waals surface area contributed by atoms with E-state index < -0.39 is 0 Å². The highest BCUT2D eigenvalue weighted by Crippen LogP contribution is 2.29. The highest BCUT2D eigenvalue weighted by atomic mass is 35.5. The summed E-state index contributed by atoms with van der Waals surface area (Å²) in [6.45, 7) is 0.300. The lowest BCUT2D eigenvalue weighted by Gasteiger charge is -2.17. The first-order chi connectivity index (χ1) is 7.60. The van der Waals surface area contributed by atoms with Crippen LogP contribution in [0.1, 0.15) is 5.56 Å². The van der Waals surface area contributed by atoms with E-state index in [-0.39, 0.29) is 17.5 Å². The molecule has 1 aromatic carbocycles. The molecule has 0 aliphatic carbocycles. The maximum atomic E-state index is 11.3. The molecule has 0 saturated carbocycles. The van der Waals surface area contributed by atoms with Crippen LogP contribution in [-0.2, 0) is 11.3 Å². The maximum absolute atomic E-state index is 11.3. The summed E-state index contributed by atoms with van der Waals surface area (Å²) in [5.41, 5.74) is 0.625. The van der Waals surface area contributed by atoms with Crippen molar-refractivity contribution in [2.24, 2.45) is 0 Å². The Morgan fingerprint density at radius 1 is 1.56 bits per heavy atom. The van der Waals surface area contributed by atoms with Gasteiger partial charge in [-0.05, 0) is 6.07 Å². The Morgan fingerprint density at radius 3 is 2.81 bits per heavy atom. The molecule has 0 atom stereocenters. The Morgan fingerprint density at radius 2 is 2.25 bits per heavy atom. The highest BCUT2D eigenvalue weighted by molar-refractivity contribution is 6.27. The topological polar surface area (TPSA) is 49.8 Å². The maximum Gasteiger partial charge on any atom is 0.237 e. The van der Waals surface area contributed by atoms with Crippen LogP contribution in [0.3, 0.4) is 0 Å². The van der Waals surface area contributed by atoms with E-state index >= 15 is 0 Å². The third kappa shape index (κ3) is 2.79. The third-order valence-electron chi connectivity index (χ3n) is 2.25. The lowest BCUT2D eigenvalue weighted by atomic mass is 10.1. The fraction of sp³-hybridized carbons (Fsp3) is 0.364. The van der Waals surface area contributed by atoms with E-state index in [0.29, 0.717) is 17.9 Å². The summed E-state index contributed by atoms with van der Waals surface area (Å²) < 4.78 is 4.97. The molecule has 0 bridgehead atoms. The summed E-state index contributed by atoms with van der Waals surface area (Å²) in [5, 5.41) is 9.80. The summed E-state index contributed by atoms with van der Waals surface area (Å²) in [6, 6.07) is 5.14. The van der Waals surface area contributed by atoms with Crippen LogP contribution in [0.2, 0.25) is 0 Å². The first-order valence-electron chi connectivity index (χ1n) is 4.75. The minimum atomic E-state index is -0.191. The number of carbonyl (C=O) groups excluding carboxylic acids is 1. The Balaban J connectivity index is 2.85. The molecule has 0 radical (unpaired) electrons. The summed E-state index contributed by atoms with van der Waals surface area (Å²) in [7, 11) is 3.11. The Hall–Kier alpha value is -1.42. The van der Waals surface area contributed by atoms with Gasteiger partial charge in [0.15, 0.2) is 11.5 Å². The van der Waals surface area contributed by atoms with E-state index in [1.165, 1.54) is 12.0 Å². The fourth-order valence-corrected chi connectivity index (χ4v) is 1.51. The summed E-state index contributed by atoms with van der Waals surface area (Å²) in [6.07, 6.45) is 0. The normalized spacial score (nSPS) is 9.94. The molecule has 0 saturated heterocycles. The van der Waals surface area contributed by atoms with Crippen LogP contribution in [0.25, 0.3) is 0 Å². The van der Waals surface area contributed by atoms with Crippen molar-refractivity contribution in [3.8, 4) is 11.5 Å². The lowest BCUT2D eigenvalue weighted by molar-refractivity contribution is -0.127. The minimum Gasteiger partial charge on any atom is -0.504 e. The van der Waals surface area contributed by atoms with E-state index in [1.54, 1.807) is 25.2 Å². The molecular formula is C11H14ClNO3. The molecule has 0 aromatic heterocycles. The predicted molar refractivity (Wildman–Crippen MR) is 61.9 cm³/mol. The largest absolute Gasteiger partial charge is 0.504 e. The first kappa shape index (κ1) is 12.6. The molecule has 4 nitrogen and oxygen atoms in total. The van der Waals surface area contributed by atoms with E-state index in [2.05, 4.69) is 0 Å². The van der Waals surface area contributed by atoms with Gasteiger partial charge in [-0.25, -0.2) is 0 Å².